The maximum atomic E-state index is 12.7. The Morgan fingerprint density at radius 2 is 1.21 bits per heavy atom. The molecule has 0 unspecified atom stereocenters. The maximum absolute atomic E-state index is 12.7. The van der Waals surface area contributed by atoms with Crippen molar-refractivity contribution in [3.05, 3.63) is 83.7 Å². The quantitative estimate of drug-likeness (QED) is 0.618. The van der Waals surface area contributed by atoms with Crippen LogP contribution in [0, 0.1) is 5.82 Å². The Hall–Kier alpha value is -2.55. The van der Waals surface area contributed by atoms with Gasteiger partial charge in [-0.2, -0.15) is 0 Å². The first-order chi connectivity index (χ1) is 9.16. The first-order valence-corrected chi connectivity index (χ1v) is 5.74. The molecule has 0 atom stereocenters. The summed E-state index contributed by atoms with van der Waals surface area (Å²) in [6.45, 7) is 0. The molecule has 19 heavy (non-hydrogen) atoms. The largest absolute Gasteiger partial charge is 0.289 e. The monoisotopic (exact) mass is 254 g/mol. The van der Waals surface area contributed by atoms with Crippen molar-refractivity contribution in [3.8, 4) is 0 Å². The highest BCUT2D eigenvalue weighted by Crippen LogP contribution is 2.06. The molecule has 0 spiro atoms. The lowest BCUT2D eigenvalue weighted by atomic mass is 10.1. The van der Waals surface area contributed by atoms with Gasteiger partial charge in [0.1, 0.15) is 5.82 Å². The molecule has 0 saturated carbocycles. The minimum absolute atomic E-state index is 0.240. The molecule has 2 aromatic carbocycles. The van der Waals surface area contributed by atoms with E-state index in [1.54, 1.807) is 24.3 Å². The molecular formula is C16H11FO2. The maximum Gasteiger partial charge on any atom is 0.185 e. The third kappa shape index (κ3) is 3.45. The number of halogens is 1. The molecule has 0 aliphatic heterocycles. The van der Waals surface area contributed by atoms with Crippen molar-refractivity contribution < 1.29 is 14.0 Å². The molecule has 0 fully saturated rings. The normalized spacial score (nSPS) is 10.6. The van der Waals surface area contributed by atoms with Crippen LogP contribution in [0.1, 0.15) is 20.7 Å². The van der Waals surface area contributed by atoms with Gasteiger partial charge in [-0.05, 0) is 36.4 Å². The fourth-order valence-corrected chi connectivity index (χ4v) is 1.56. The van der Waals surface area contributed by atoms with Crippen molar-refractivity contribution in [1.29, 1.82) is 0 Å². The fourth-order valence-electron chi connectivity index (χ4n) is 1.56. The molecule has 2 rings (SSSR count). The Balaban J connectivity index is 2.09. The van der Waals surface area contributed by atoms with Crippen molar-refractivity contribution >= 4 is 11.6 Å². The van der Waals surface area contributed by atoms with E-state index in [0.29, 0.717) is 11.1 Å². The number of hydrogen-bond acceptors (Lipinski definition) is 2. The zero-order valence-corrected chi connectivity index (χ0v) is 10.0. The summed E-state index contributed by atoms with van der Waals surface area (Å²) in [5.74, 6) is -0.971. The first-order valence-electron chi connectivity index (χ1n) is 5.74. The predicted octanol–water partition coefficient (Wildman–Crippen LogP) is 3.45. The van der Waals surface area contributed by atoms with E-state index >= 15 is 0 Å². The highest BCUT2D eigenvalue weighted by atomic mass is 19.1. The molecule has 0 aromatic heterocycles. The highest BCUT2D eigenvalue weighted by Gasteiger charge is 2.04. The van der Waals surface area contributed by atoms with Crippen molar-refractivity contribution in [3.63, 3.8) is 0 Å². The van der Waals surface area contributed by atoms with Crippen LogP contribution in [0.2, 0.25) is 0 Å². The average Bonchev–Trinajstić information content (AvgIpc) is 2.46. The van der Waals surface area contributed by atoms with E-state index in [2.05, 4.69) is 0 Å². The van der Waals surface area contributed by atoms with Gasteiger partial charge < -0.3 is 0 Å². The molecule has 0 aliphatic carbocycles. The molecule has 3 heteroatoms. The molecule has 2 nitrogen and oxygen atoms in total. The summed E-state index contributed by atoms with van der Waals surface area (Å²) >= 11 is 0. The summed E-state index contributed by atoms with van der Waals surface area (Å²) in [6.07, 6.45) is 2.42. The Bertz CT molecular complexity index is 613. The van der Waals surface area contributed by atoms with E-state index in [1.807, 2.05) is 6.07 Å². The van der Waals surface area contributed by atoms with E-state index in [1.165, 1.54) is 36.4 Å². The lowest BCUT2D eigenvalue weighted by Gasteiger charge is -1.96. The van der Waals surface area contributed by atoms with Gasteiger partial charge in [0, 0.05) is 11.1 Å². The van der Waals surface area contributed by atoms with E-state index in [-0.39, 0.29) is 11.6 Å². The van der Waals surface area contributed by atoms with Crippen LogP contribution in [0.25, 0.3) is 0 Å². The van der Waals surface area contributed by atoms with Crippen LogP contribution in [0.4, 0.5) is 4.39 Å². The summed E-state index contributed by atoms with van der Waals surface area (Å²) in [6, 6.07) is 13.9. The van der Waals surface area contributed by atoms with Crippen molar-refractivity contribution in [1.82, 2.24) is 0 Å². The second-order valence-corrected chi connectivity index (χ2v) is 3.93. The van der Waals surface area contributed by atoms with Crippen LogP contribution in [0.15, 0.2) is 66.7 Å². The first kappa shape index (κ1) is 12.9. The van der Waals surface area contributed by atoms with Crippen molar-refractivity contribution in [2.75, 3.05) is 0 Å². The Morgan fingerprint density at radius 1 is 0.737 bits per heavy atom. The van der Waals surface area contributed by atoms with Crippen molar-refractivity contribution in [2.24, 2.45) is 0 Å². The lowest BCUT2D eigenvalue weighted by molar-refractivity contribution is 0.102. The van der Waals surface area contributed by atoms with Gasteiger partial charge in [-0.15, -0.1) is 0 Å². The average molecular weight is 254 g/mol. The second-order valence-electron chi connectivity index (χ2n) is 3.93. The number of benzene rings is 2. The van der Waals surface area contributed by atoms with Crippen LogP contribution in [0.3, 0.4) is 0 Å². The van der Waals surface area contributed by atoms with Gasteiger partial charge in [0.2, 0.25) is 0 Å². The summed E-state index contributed by atoms with van der Waals surface area (Å²) in [5.41, 5.74) is 0.865. The van der Waals surface area contributed by atoms with E-state index in [4.69, 9.17) is 0 Å². The number of rotatable bonds is 4. The number of allylic oxidation sites excluding steroid dienone is 2. The Morgan fingerprint density at radius 3 is 1.74 bits per heavy atom. The van der Waals surface area contributed by atoms with Gasteiger partial charge in [0.05, 0.1) is 0 Å². The molecule has 0 heterocycles. The topological polar surface area (TPSA) is 34.1 Å². The molecule has 2 aromatic rings. The Kier molecular flexibility index (Phi) is 3.98. The van der Waals surface area contributed by atoms with Gasteiger partial charge >= 0.3 is 0 Å². The van der Waals surface area contributed by atoms with E-state index < -0.39 is 5.82 Å². The van der Waals surface area contributed by atoms with E-state index in [0.717, 1.165) is 0 Å². The second kappa shape index (κ2) is 5.87. The SMILES string of the molecule is O=C(C=CC(=O)c1ccc(F)cc1)c1ccccc1. The molecule has 0 radical (unpaired) electrons. The fraction of sp³-hybridized carbons (Fsp3) is 0. The van der Waals surface area contributed by atoms with Gasteiger partial charge in [-0.25, -0.2) is 4.39 Å². The van der Waals surface area contributed by atoms with Crippen LogP contribution in [-0.4, -0.2) is 11.6 Å². The van der Waals surface area contributed by atoms with Crippen LogP contribution < -0.4 is 0 Å². The molecule has 0 aliphatic rings. The third-order valence-electron chi connectivity index (χ3n) is 2.57. The molecule has 0 N–H and O–H groups in total. The lowest BCUT2D eigenvalue weighted by Crippen LogP contribution is -1.98. The zero-order chi connectivity index (χ0) is 13.7. The number of ketones is 2. The Labute approximate surface area is 110 Å². The third-order valence-corrected chi connectivity index (χ3v) is 2.57. The highest BCUT2D eigenvalue weighted by molar-refractivity contribution is 6.11. The molecule has 0 bridgehead atoms. The minimum atomic E-state index is -0.402. The van der Waals surface area contributed by atoms with Crippen LogP contribution in [0.5, 0.6) is 0 Å². The van der Waals surface area contributed by atoms with E-state index in [9.17, 15) is 14.0 Å². The smallest absolute Gasteiger partial charge is 0.185 e. The summed E-state index contributed by atoms with van der Waals surface area (Å²) in [5, 5.41) is 0. The zero-order valence-electron chi connectivity index (χ0n) is 10.0. The van der Waals surface area contributed by atoms with Gasteiger partial charge in [-0.3, -0.25) is 9.59 Å². The summed E-state index contributed by atoms with van der Waals surface area (Å²) < 4.78 is 12.7. The van der Waals surface area contributed by atoms with Gasteiger partial charge in [0.15, 0.2) is 11.6 Å². The molecule has 94 valence electrons. The molecule has 0 saturated heterocycles. The summed E-state index contributed by atoms with van der Waals surface area (Å²) in [4.78, 5) is 23.5. The van der Waals surface area contributed by atoms with Crippen LogP contribution in [-0.2, 0) is 0 Å². The minimum Gasteiger partial charge on any atom is -0.289 e. The van der Waals surface area contributed by atoms with Gasteiger partial charge in [0.25, 0.3) is 0 Å². The standard InChI is InChI=1S/C16H11FO2/c17-14-8-6-13(7-9-14)16(19)11-10-15(18)12-4-2-1-3-5-12/h1-11H. The molecular weight excluding hydrogens is 243 g/mol. The van der Waals surface area contributed by atoms with Crippen molar-refractivity contribution in [2.45, 2.75) is 0 Å². The predicted molar refractivity (Wildman–Crippen MR) is 70.6 cm³/mol. The van der Waals surface area contributed by atoms with Gasteiger partial charge in [-0.1, -0.05) is 30.3 Å². The number of hydrogen-bond donors (Lipinski definition) is 0. The summed E-state index contributed by atoms with van der Waals surface area (Å²) in [7, 11) is 0. The number of carbonyl (C=O) groups excluding carboxylic acids is 2. The number of carbonyl (C=O) groups is 2. The van der Waals surface area contributed by atoms with Crippen LogP contribution >= 0.6 is 0 Å². The molecule has 0 amide bonds.